The van der Waals surface area contributed by atoms with Crippen LogP contribution in [0.4, 0.5) is 0 Å². The number of aliphatic imine (C=N–C) groups is 1. The summed E-state index contributed by atoms with van der Waals surface area (Å²) in [5.41, 5.74) is 1.14. The third-order valence-electron chi connectivity index (χ3n) is 5.34. The quantitative estimate of drug-likeness (QED) is 0.364. The summed E-state index contributed by atoms with van der Waals surface area (Å²) >= 11 is 1.78. The highest BCUT2D eigenvalue weighted by Crippen LogP contribution is 2.17. The average molecular weight is 520 g/mol. The maximum atomic E-state index is 12.3. The van der Waals surface area contributed by atoms with Gasteiger partial charge in [0.15, 0.2) is 5.96 Å². The van der Waals surface area contributed by atoms with E-state index in [9.17, 15) is 4.79 Å². The summed E-state index contributed by atoms with van der Waals surface area (Å²) in [6.45, 7) is 11.1. The fraction of sp³-hybridized carbons (Fsp3) is 0.737. The second-order valence-electron chi connectivity index (χ2n) is 7.32. The first-order chi connectivity index (χ1) is 13.1. The Morgan fingerprint density at radius 3 is 2.36 bits per heavy atom. The number of aromatic nitrogens is 1. The Morgan fingerprint density at radius 2 is 1.79 bits per heavy atom. The molecular formula is C19H33IN6OS. The lowest BCUT2D eigenvalue weighted by Gasteiger charge is -2.36. The highest BCUT2D eigenvalue weighted by Gasteiger charge is 2.24. The van der Waals surface area contributed by atoms with Crippen molar-refractivity contribution in [3.8, 4) is 0 Å². The standard InChI is InChI=1S/C19H32N6OS.HI/c1-15-17(27-16(2)22-15)6-7-21-19(20-3)25-12-10-23(11-13-25)14-18(26)24-8-4-5-9-24;/h4-14H2,1-3H3,(H,20,21);1H. The summed E-state index contributed by atoms with van der Waals surface area (Å²) in [5, 5.41) is 4.62. The predicted octanol–water partition coefficient (Wildman–Crippen LogP) is 1.74. The molecule has 1 aromatic heterocycles. The highest BCUT2D eigenvalue weighted by molar-refractivity contribution is 14.0. The van der Waals surface area contributed by atoms with Crippen molar-refractivity contribution in [2.75, 3.05) is 59.4 Å². The number of amides is 1. The summed E-state index contributed by atoms with van der Waals surface area (Å²) in [4.78, 5) is 29.2. The molecule has 158 valence electrons. The number of hydrogen-bond donors (Lipinski definition) is 1. The van der Waals surface area contributed by atoms with E-state index in [1.165, 1.54) is 4.88 Å². The van der Waals surface area contributed by atoms with Gasteiger partial charge in [-0.25, -0.2) is 4.98 Å². The molecule has 0 atom stereocenters. The molecule has 2 aliphatic rings. The molecule has 1 N–H and O–H groups in total. The number of halogens is 1. The van der Waals surface area contributed by atoms with Crippen molar-refractivity contribution in [3.05, 3.63) is 15.6 Å². The molecule has 28 heavy (non-hydrogen) atoms. The van der Waals surface area contributed by atoms with Gasteiger partial charge in [0.25, 0.3) is 0 Å². The van der Waals surface area contributed by atoms with Crippen LogP contribution in [0.5, 0.6) is 0 Å². The molecule has 2 fully saturated rings. The second-order valence-corrected chi connectivity index (χ2v) is 8.60. The monoisotopic (exact) mass is 520 g/mol. The van der Waals surface area contributed by atoms with E-state index in [4.69, 9.17) is 0 Å². The molecule has 1 aromatic rings. The van der Waals surface area contributed by atoms with Crippen LogP contribution in [0.15, 0.2) is 4.99 Å². The number of aryl methyl sites for hydroxylation is 2. The smallest absolute Gasteiger partial charge is 0.236 e. The van der Waals surface area contributed by atoms with Gasteiger partial charge in [0, 0.05) is 64.2 Å². The van der Waals surface area contributed by atoms with Crippen LogP contribution in [0.25, 0.3) is 0 Å². The van der Waals surface area contributed by atoms with Crippen molar-refractivity contribution in [1.82, 2.24) is 25.0 Å². The van der Waals surface area contributed by atoms with E-state index in [1.54, 1.807) is 11.3 Å². The van der Waals surface area contributed by atoms with E-state index in [0.717, 1.165) is 81.7 Å². The van der Waals surface area contributed by atoms with Crippen LogP contribution in [0.2, 0.25) is 0 Å². The molecule has 0 aromatic carbocycles. The molecular weight excluding hydrogens is 487 g/mol. The maximum absolute atomic E-state index is 12.3. The van der Waals surface area contributed by atoms with Crippen LogP contribution in [0, 0.1) is 13.8 Å². The van der Waals surface area contributed by atoms with Crippen LogP contribution in [0.3, 0.4) is 0 Å². The van der Waals surface area contributed by atoms with E-state index >= 15 is 0 Å². The number of rotatable bonds is 5. The van der Waals surface area contributed by atoms with Gasteiger partial charge in [0.1, 0.15) is 0 Å². The summed E-state index contributed by atoms with van der Waals surface area (Å²) in [6.07, 6.45) is 3.28. The van der Waals surface area contributed by atoms with Crippen LogP contribution in [-0.4, -0.2) is 91.0 Å². The third-order valence-corrected chi connectivity index (χ3v) is 6.47. The molecule has 0 radical (unpaired) electrons. The van der Waals surface area contributed by atoms with Gasteiger partial charge in [-0.3, -0.25) is 14.7 Å². The van der Waals surface area contributed by atoms with E-state index in [1.807, 2.05) is 11.9 Å². The summed E-state index contributed by atoms with van der Waals surface area (Å²) < 4.78 is 0. The van der Waals surface area contributed by atoms with Gasteiger partial charge in [-0.15, -0.1) is 35.3 Å². The Bertz CT molecular complexity index is 665. The zero-order valence-corrected chi connectivity index (χ0v) is 20.4. The van der Waals surface area contributed by atoms with Crippen molar-refractivity contribution < 1.29 is 4.79 Å². The van der Waals surface area contributed by atoms with Gasteiger partial charge < -0.3 is 15.1 Å². The number of hydrogen-bond acceptors (Lipinski definition) is 5. The zero-order chi connectivity index (χ0) is 19.2. The lowest BCUT2D eigenvalue weighted by Crippen LogP contribution is -2.54. The first kappa shape index (κ1) is 23.3. The number of nitrogens with zero attached hydrogens (tertiary/aromatic N) is 5. The minimum Gasteiger partial charge on any atom is -0.356 e. The number of piperazine rings is 1. The number of thiazole rings is 1. The van der Waals surface area contributed by atoms with Crippen molar-refractivity contribution >= 4 is 47.2 Å². The second kappa shape index (κ2) is 11.3. The van der Waals surface area contributed by atoms with Crippen molar-refractivity contribution in [2.24, 2.45) is 4.99 Å². The van der Waals surface area contributed by atoms with Gasteiger partial charge in [-0.1, -0.05) is 0 Å². The Balaban J connectivity index is 0.00000280. The Morgan fingerprint density at radius 1 is 1.11 bits per heavy atom. The van der Waals surface area contributed by atoms with E-state index in [0.29, 0.717) is 12.5 Å². The Hall–Kier alpha value is -0.940. The normalized spacial score (nSPS) is 18.3. The molecule has 3 heterocycles. The molecule has 0 bridgehead atoms. The van der Waals surface area contributed by atoms with E-state index in [-0.39, 0.29) is 24.0 Å². The molecule has 3 rings (SSSR count). The van der Waals surface area contributed by atoms with Crippen LogP contribution >= 0.6 is 35.3 Å². The zero-order valence-electron chi connectivity index (χ0n) is 17.2. The number of likely N-dealkylation sites (tertiary alicyclic amines) is 1. The summed E-state index contributed by atoms with van der Waals surface area (Å²) in [6, 6.07) is 0. The molecule has 7 nitrogen and oxygen atoms in total. The van der Waals surface area contributed by atoms with Crippen molar-refractivity contribution in [3.63, 3.8) is 0 Å². The van der Waals surface area contributed by atoms with Crippen LogP contribution in [-0.2, 0) is 11.2 Å². The molecule has 0 saturated carbocycles. The predicted molar refractivity (Wildman–Crippen MR) is 126 cm³/mol. The van der Waals surface area contributed by atoms with Crippen LogP contribution < -0.4 is 5.32 Å². The molecule has 2 saturated heterocycles. The molecule has 0 spiro atoms. The lowest BCUT2D eigenvalue weighted by atomic mass is 10.3. The van der Waals surface area contributed by atoms with Gasteiger partial charge in [0.05, 0.1) is 17.2 Å². The highest BCUT2D eigenvalue weighted by atomic mass is 127. The first-order valence-electron chi connectivity index (χ1n) is 9.95. The minimum absolute atomic E-state index is 0. The largest absolute Gasteiger partial charge is 0.356 e. The molecule has 0 aliphatic carbocycles. The van der Waals surface area contributed by atoms with Gasteiger partial charge >= 0.3 is 0 Å². The fourth-order valence-electron chi connectivity index (χ4n) is 3.80. The fourth-order valence-corrected chi connectivity index (χ4v) is 4.74. The van der Waals surface area contributed by atoms with E-state index in [2.05, 4.69) is 38.9 Å². The SMILES string of the molecule is CN=C(NCCc1sc(C)nc1C)N1CCN(CC(=O)N2CCCC2)CC1.I. The minimum atomic E-state index is 0. The van der Waals surface area contributed by atoms with Gasteiger partial charge in [0.2, 0.25) is 5.91 Å². The van der Waals surface area contributed by atoms with Crippen molar-refractivity contribution in [2.45, 2.75) is 33.1 Å². The molecule has 2 aliphatic heterocycles. The molecule has 0 unspecified atom stereocenters. The first-order valence-corrected chi connectivity index (χ1v) is 10.8. The van der Waals surface area contributed by atoms with Gasteiger partial charge in [-0.2, -0.15) is 0 Å². The lowest BCUT2D eigenvalue weighted by molar-refractivity contribution is -0.131. The van der Waals surface area contributed by atoms with Crippen molar-refractivity contribution in [1.29, 1.82) is 0 Å². The third kappa shape index (κ3) is 6.28. The average Bonchev–Trinajstić information content (AvgIpc) is 3.30. The number of guanidine groups is 1. The maximum Gasteiger partial charge on any atom is 0.236 e. The summed E-state index contributed by atoms with van der Waals surface area (Å²) in [7, 11) is 1.84. The van der Waals surface area contributed by atoms with E-state index < -0.39 is 0 Å². The number of carbonyl (C=O) groups excluding carboxylic acids is 1. The summed E-state index contributed by atoms with van der Waals surface area (Å²) in [5.74, 6) is 1.25. The number of carbonyl (C=O) groups is 1. The Labute approximate surface area is 189 Å². The molecule has 9 heteroatoms. The van der Waals surface area contributed by atoms with Gasteiger partial charge in [-0.05, 0) is 26.7 Å². The number of nitrogens with one attached hydrogen (secondary N) is 1. The van der Waals surface area contributed by atoms with Crippen LogP contribution in [0.1, 0.15) is 28.4 Å². The topological polar surface area (TPSA) is 64.1 Å². The molecule has 1 amide bonds. The Kier molecular flexibility index (Phi) is 9.42.